The molecule has 1 spiro atoms. The van der Waals surface area contributed by atoms with Crippen molar-refractivity contribution in [2.45, 2.75) is 102 Å². The summed E-state index contributed by atoms with van der Waals surface area (Å²) >= 11 is 0. The second-order valence-corrected chi connectivity index (χ2v) is 6.24. The molecule has 106 valence electrons. The minimum absolute atomic E-state index is 0.238. The first-order valence-electron chi connectivity index (χ1n) is 8.07. The van der Waals surface area contributed by atoms with Gasteiger partial charge in [0, 0.05) is 12.8 Å². The maximum Gasteiger partial charge on any atom is 0.169 e. The van der Waals surface area contributed by atoms with Crippen LogP contribution in [0.2, 0.25) is 0 Å². The van der Waals surface area contributed by atoms with Crippen molar-refractivity contribution in [2.75, 3.05) is 0 Å². The molecular weight excluding hydrogens is 224 g/mol. The molecular formula is C16H30O2. The highest BCUT2D eigenvalue weighted by Gasteiger charge is 2.42. The number of hydrogen-bond donors (Lipinski definition) is 0. The van der Waals surface area contributed by atoms with E-state index in [9.17, 15) is 0 Å². The highest BCUT2D eigenvalue weighted by atomic mass is 16.8. The minimum atomic E-state index is -0.238. The van der Waals surface area contributed by atoms with E-state index in [-0.39, 0.29) is 18.0 Å². The van der Waals surface area contributed by atoms with E-state index in [1.54, 1.807) is 0 Å². The van der Waals surface area contributed by atoms with Gasteiger partial charge in [0.25, 0.3) is 0 Å². The van der Waals surface area contributed by atoms with E-state index in [2.05, 4.69) is 13.8 Å². The van der Waals surface area contributed by atoms with Gasteiger partial charge in [0.15, 0.2) is 5.79 Å². The Morgan fingerprint density at radius 3 is 1.33 bits per heavy atom. The average molecular weight is 254 g/mol. The molecule has 0 amide bonds. The monoisotopic (exact) mass is 254 g/mol. The molecule has 1 aliphatic carbocycles. The van der Waals surface area contributed by atoms with Crippen LogP contribution < -0.4 is 0 Å². The molecule has 2 nitrogen and oxygen atoms in total. The Morgan fingerprint density at radius 2 is 0.944 bits per heavy atom. The third-order valence-electron chi connectivity index (χ3n) is 4.58. The summed E-state index contributed by atoms with van der Waals surface area (Å²) in [6, 6.07) is 0. The fraction of sp³-hybridized carbons (Fsp3) is 1.00. The lowest BCUT2D eigenvalue weighted by atomic mass is 9.97. The first-order valence-corrected chi connectivity index (χ1v) is 8.07. The van der Waals surface area contributed by atoms with Crippen LogP contribution in [0.3, 0.4) is 0 Å². The maximum atomic E-state index is 6.18. The average Bonchev–Trinajstić information content (AvgIpc) is 2.60. The third-order valence-corrected chi connectivity index (χ3v) is 4.58. The second kappa shape index (κ2) is 6.91. The summed E-state index contributed by atoms with van der Waals surface area (Å²) < 4.78 is 12.4. The lowest BCUT2D eigenvalue weighted by Crippen LogP contribution is -2.31. The van der Waals surface area contributed by atoms with Crippen LogP contribution in [0.15, 0.2) is 0 Å². The lowest BCUT2D eigenvalue weighted by Gasteiger charge is -2.28. The van der Waals surface area contributed by atoms with E-state index in [1.807, 2.05) is 0 Å². The van der Waals surface area contributed by atoms with E-state index < -0.39 is 0 Å². The van der Waals surface area contributed by atoms with Crippen molar-refractivity contribution in [1.29, 1.82) is 0 Å². The van der Waals surface area contributed by atoms with E-state index in [0.29, 0.717) is 0 Å². The van der Waals surface area contributed by atoms with Gasteiger partial charge < -0.3 is 9.47 Å². The molecule has 2 atom stereocenters. The van der Waals surface area contributed by atoms with Gasteiger partial charge in [-0.25, -0.2) is 0 Å². The maximum absolute atomic E-state index is 6.18. The molecule has 0 aromatic carbocycles. The zero-order valence-electron chi connectivity index (χ0n) is 12.2. The summed E-state index contributed by atoms with van der Waals surface area (Å²) in [6.07, 6.45) is 15.0. The van der Waals surface area contributed by atoms with Crippen molar-refractivity contribution in [1.82, 2.24) is 0 Å². The molecule has 2 fully saturated rings. The smallest absolute Gasteiger partial charge is 0.169 e. The third kappa shape index (κ3) is 3.96. The predicted molar refractivity (Wildman–Crippen MR) is 74.6 cm³/mol. The van der Waals surface area contributed by atoms with Crippen molar-refractivity contribution < 1.29 is 9.47 Å². The Labute approximate surface area is 112 Å². The standard InChI is InChI=1S/C16H30O2/c1-14-15(2)18-16(17-14)12-10-8-6-4-3-5-7-9-11-13-16/h14-15H,3-13H2,1-2H3. The Balaban J connectivity index is 1.89. The molecule has 1 saturated heterocycles. The molecule has 2 rings (SSSR count). The van der Waals surface area contributed by atoms with Gasteiger partial charge in [0.2, 0.25) is 0 Å². The first kappa shape index (κ1) is 14.3. The summed E-state index contributed by atoms with van der Waals surface area (Å²) in [5.41, 5.74) is 0. The highest BCUT2D eigenvalue weighted by molar-refractivity contribution is 4.82. The molecule has 18 heavy (non-hydrogen) atoms. The fourth-order valence-electron chi connectivity index (χ4n) is 3.28. The van der Waals surface area contributed by atoms with Crippen LogP contribution in [-0.2, 0) is 9.47 Å². The lowest BCUT2D eigenvalue weighted by molar-refractivity contribution is -0.184. The van der Waals surface area contributed by atoms with Crippen molar-refractivity contribution in [3.05, 3.63) is 0 Å². The number of ether oxygens (including phenoxy) is 2. The molecule has 1 saturated carbocycles. The Morgan fingerprint density at radius 1 is 0.611 bits per heavy atom. The molecule has 2 aliphatic rings. The van der Waals surface area contributed by atoms with Gasteiger partial charge in [-0.3, -0.25) is 0 Å². The summed E-state index contributed by atoms with van der Waals surface area (Å²) in [5, 5.41) is 0. The van der Waals surface area contributed by atoms with Gasteiger partial charge in [-0.2, -0.15) is 0 Å². The molecule has 0 aromatic heterocycles. The fourth-order valence-corrected chi connectivity index (χ4v) is 3.28. The van der Waals surface area contributed by atoms with Gasteiger partial charge in [0.05, 0.1) is 12.2 Å². The van der Waals surface area contributed by atoms with Crippen LogP contribution in [-0.4, -0.2) is 18.0 Å². The summed E-state index contributed by atoms with van der Waals surface area (Å²) in [6.45, 7) is 4.30. The molecule has 0 radical (unpaired) electrons. The van der Waals surface area contributed by atoms with E-state index in [1.165, 1.54) is 57.8 Å². The SMILES string of the molecule is CC1OC2(CCCCCCCCCCC2)OC1C. The van der Waals surface area contributed by atoms with Crippen LogP contribution in [0, 0.1) is 0 Å². The normalized spacial score (nSPS) is 35.0. The molecule has 0 N–H and O–H groups in total. The van der Waals surface area contributed by atoms with Crippen LogP contribution >= 0.6 is 0 Å². The minimum Gasteiger partial charge on any atom is -0.344 e. The topological polar surface area (TPSA) is 18.5 Å². The second-order valence-electron chi connectivity index (χ2n) is 6.24. The van der Waals surface area contributed by atoms with Crippen LogP contribution in [0.4, 0.5) is 0 Å². The molecule has 1 heterocycles. The van der Waals surface area contributed by atoms with Crippen LogP contribution in [0.1, 0.15) is 84.5 Å². The van der Waals surface area contributed by atoms with Gasteiger partial charge >= 0.3 is 0 Å². The van der Waals surface area contributed by atoms with E-state index in [4.69, 9.17) is 9.47 Å². The molecule has 2 unspecified atom stereocenters. The van der Waals surface area contributed by atoms with Crippen LogP contribution in [0.25, 0.3) is 0 Å². The highest BCUT2D eigenvalue weighted by Crippen LogP contribution is 2.37. The number of rotatable bonds is 0. The largest absolute Gasteiger partial charge is 0.344 e. The predicted octanol–water partition coefficient (Wildman–Crippen LogP) is 4.81. The van der Waals surface area contributed by atoms with Gasteiger partial charge in [0.1, 0.15) is 0 Å². The quantitative estimate of drug-likeness (QED) is 0.617. The van der Waals surface area contributed by atoms with Gasteiger partial charge in [-0.1, -0.05) is 44.9 Å². The summed E-state index contributed by atoms with van der Waals surface area (Å²) in [4.78, 5) is 0. The first-order chi connectivity index (χ1) is 8.72. The Hall–Kier alpha value is -0.0800. The molecule has 2 heteroatoms. The van der Waals surface area contributed by atoms with E-state index in [0.717, 1.165) is 12.8 Å². The van der Waals surface area contributed by atoms with Crippen molar-refractivity contribution in [2.24, 2.45) is 0 Å². The molecule has 1 aliphatic heterocycles. The van der Waals surface area contributed by atoms with Crippen molar-refractivity contribution >= 4 is 0 Å². The Kier molecular flexibility index (Phi) is 5.50. The number of hydrogen-bond acceptors (Lipinski definition) is 2. The van der Waals surface area contributed by atoms with Crippen molar-refractivity contribution in [3.8, 4) is 0 Å². The zero-order valence-corrected chi connectivity index (χ0v) is 12.2. The Bertz CT molecular complexity index is 215. The van der Waals surface area contributed by atoms with Gasteiger partial charge in [-0.05, 0) is 26.7 Å². The molecule has 0 aromatic rings. The molecule has 0 bridgehead atoms. The summed E-state index contributed by atoms with van der Waals surface area (Å²) in [5.74, 6) is -0.238. The van der Waals surface area contributed by atoms with Crippen molar-refractivity contribution in [3.63, 3.8) is 0 Å². The van der Waals surface area contributed by atoms with Crippen LogP contribution in [0.5, 0.6) is 0 Å². The zero-order chi connectivity index (χ0) is 12.8. The van der Waals surface area contributed by atoms with E-state index >= 15 is 0 Å². The summed E-state index contributed by atoms with van der Waals surface area (Å²) in [7, 11) is 0. The van der Waals surface area contributed by atoms with Gasteiger partial charge in [-0.15, -0.1) is 0 Å².